The van der Waals surface area contributed by atoms with Crippen molar-refractivity contribution in [3.8, 4) is 5.75 Å². The molecule has 6 nitrogen and oxygen atoms in total. The van der Waals surface area contributed by atoms with E-state index in [1.807, 2.05) is 54.6 Å². The summed E-state index contributed by atoms with van der Waals surface area (Å²) >= 11 is 4.72. The molecule has 0 aliphatic carbocycles. The first-order chi connectivity index (χ1) is 16.5. The molecule has 1 heterocycles. The van der Waals surface area contributed by atoms with Gasteiger partial charge >= 0.3 is 0 Å². The summed E-state index contributed by atoms with van der Waals surface area (Å²) in [5.74, 6) is -0.129. The van der Waals surface area contributed by atoms with E-state index >= 15 is 0 Å². The summed E-state index contributed by atoms with van der Waals surface area (Å²) in [6.45, 7) is 0.240. The van der Waals surface area contributed by atoms with Gasteiger partial charge in [-0.15, -0.1) is 11.8 Å². The smallest absolute Gasteiger partial charge is 0.257 e. The van der Waals surface area contributed by atoms with Crippen molar-refractivity contribution in [2.45, 2.75) is 23.9 Å². The zero-order chi connectivity index (χ0) is 24.1. The lowest BCUT2D eigenvalue weighted by Crippen LogP contribution is -2.45. The molecule has 174 valence electrons. The Hall–Kier alpha value is -3.10. The Morgan fingerprint density at radius 1 is 1.03 bits per heavy atom. The van der Waals surface area contributed by atoms with Crippen LogP contribution in [0.5, 0.6) is 5.75 Å². The van der Waals surface area contributed by atoms with Gasteiger partial charge in [0, 0.05) is 15.9 Å². The van der Waals surface area contributed by atoms with Crippen molar-refractivity contribution in [3.63, 3.8) is 0 Å². The number of ether oxygens (including phenoxy) is 1. The number of para-hydroxylation sites is 1. The number of halogens is 1. The fourth-order valence-corrected chi connectivity index (χ4v) is 5.01. The third kappa shape index (κ3) is 5.34. The Morgan fingerprint density at radius 2 is 1.71 bits per heavy atom. The molecule has 0 saturated carbocycles. The van der Waals surface area contributed by atoms with Gasteiger partial charge < -0.3 is 9.64 Å². The molecule has 4 rings (SSSR count). The van der Waals surface area contributed by atoms with Gasteiger partial charge in [-0.1, -0.05) is 58.4 Å². The maximum atomic E-state index is 13.4. The quantitative estimate of drug-likeness (QED) is 0.301. The summed E-state index contributed by atoms with van der Waals surface area (Å²) in [5.41, 5.74) is 1.39. The number of thioether (sulfide) groups is 1. The van der Waals surface area contributed by atoms with Crippen molar-refractivity contribution in [1.29, 1.82) is 0 Å². The molecule has 0 bridgehead atoms. The molecular formula is C26H23BrN2O4S. The molecule has 1 atom stereocenters. The third-order valence-corrected chi connectivity index (χ3v) is 7.09. The van der Waals surface area contributed by atoms with Gasteiger partial charge in [-0.05, 0) is 42.0 Å². The second-order valence-electron chi connectivity index (χ2n) is 7.71. The van der Waals surface area contributed by atoms with Gasteiger partial charge in [-0.3, -0.25) is 14.4 Å². The van der Waals surface area contributed by atoms with E-state index in [4.69, 9.17) is 4.74 Å². The van der Waals surface area contributed by atoms with Crippen LogP contribution in [0.3, 0.4) is 0 Å². The molecule has 1 aliphatic heterocycles. The van der Waals surface area contributed by atoms with Crippen LogP contribution in [0.25, 0.3) is 0 Å². The standard InChI is InChI=1S/C26H23BrN2O4S/c1-33-22-9-5-6-10-23(22)34-17-25(31)28(16-18-7-3-2-4-8-18)21-15-24(30)29(26(21)32)20-13-11-19(27)12-14-20/h2-14,21H,15-17H2,1H3. The Kier molecular flexibility index (Phi) is 7.70. The van der Waals surface area contributed by atoms with Gasteiger partial charge in [-0.25, -0.2) is 4.90 Å². The van der Waals surface area contributed by atoms with Gasteiger partial charge in [0.1, 0.15) is 11.8 Å². The number of carbonyl (C=O) groups excluding carboxylic acids is 3. The minimum Gasteiger partial charge on any atom is -0.496 e. The van der Waals surface area contributed by atoms with E-state index < -0.39 is 6.04 Å². The number of amides is 3. The molecule has 0 spiro atoms. The molecule has 1 fully saturated rings. The van der Waals surface area contributed by atoms with E-state index in [9.17, 15) is 14.4 Å². The van der Waals surface area contributed by atoms with Crippen LogP contribution < -0.4 is 9.64 Å². The van der Waals surface area contributed by atoms with Crippen molar-refractivity contribution >= 4 is 51.1 Å². The normalized spacial score (nSPS) is 15.5. The van der Waals surface area contributed by atoms with E-state index in [2.05, 4.69) is 15.9 Å². The SMILES string of the molecule is COc1ccccc1SCC(=O)N(Cc1ccccc1)C1CC(=O)N(c2ccc(Br)cc2)C1=O. The van der Waals surface area contributed by atoms with Crippen LogP contribution in [0.1, 0.15) is 12.0 Å². The molecule has 0 aromatic heterocycles. The summed E-state index contributed by atoms with van der Waals surface area (Å²) in [6.07, 6.45) is -0.0488. The lowest BCUT2D eigenvalue weighted by molar-refractivity contribution is -0.136. The monoisotopic (exact) mass is 538 g/mol. The first-order valence-electron chi connectivity index (χ1n) is 10.7. The highest BCUT2D eigenvalue weighted by Crippen LogP contribution is 2.31. The second-order valence-corrected chi connectivity index (χ2v) is 9.64. The average Bonchev–Trinajstić information content (AvgIpc) is 3.15. The maximum Gasteiger partial charge on any atom is 0.257 e. The highest BCUT2D eigenvalue weighted by molar-refractivity contribution is 9.10. The molecule has 3 aromatic rings. The number of methoxy groups -OCH3 is 1. The molecule has 1 unspecified atom stereocenters. The Balaban J connectivity index is 1.58. The van der Waals surface area contributed by atoms with Crippen molar-refractivity contribution < 1.29 is 19.1 Å². The first kappa shape index (κ1) is 24.0. The number of imide groups is 1. The fourth-order valence-electron chi connectivity index (χ4n) is 3.83. The van der Waals surface area contributed by atoms with E-state index in [0.717, 1.165) is 14.9 Å². The van der Waals surface area contributed by atoms with E-state index in [1.54, 1.807) is 31.4 Å². The molecule has 0 N–H and O–H groups in total. The number of nitrogens with zero attached hydrogens (tertiary/aromatic N) is 2. The van der Waals surface area contributed by atoms with Gasteiger partial charge in [-0.2, -0.15) is 0 Å². The molecule has 34 heavy (non-hydrogen) atoms. The first-order valence-corrected chi connectivity index (χ1v) is 12.5. The van der Waals surface area contributed by atoms with Crippen molar-refractivity contribution in [2.75, 3.05) is 17.8 Å². The van der Waals surface area contributed by atoms with Crippen LogP contribution in [-0.4, -0.2) is 41.5 Å². The highest BCUT2D eigenvalue weighted by atomic mass is 79.9. The van der Waals surface area contributed by atoms with Gasteiger partial charge in [0.2, 0.25) is 11.8 Å². The van der Waals surface area contributed by atoms with E-state index in [-0.39, 0.29) is 36.4 Å². The zero-order valence-corrected chi connectivity index (χ0v) is 20.9. The summed E-state index contributed by atoms with van der Waals surface area (Å²) in [6, 6.07) is 23.1. The van der Waals surface area contributed by atoms with E-state index in [1.165, 1.54) is 21.6 Å². The van der Waals surface area contributed by atoms with Crippen LogP contribution in [0.2, 0.25) is 0 Å². The number of benzene rings is 3. The molecule has 0 radical (unpaired) electrons. The molecule has 8 heteroatoms. The zero-order valence-electron chi connectivity index (χ0n) is 18.5. The lowest BCUT2D eigenvalue weighted by atomic mass is 10.1. The number of hydrogen-bond acceptors (Lipinski definition) is 5. The van der Waals surface area contributed by atoms with Crippen LogP contribution in [0.15, 0.2) is 88.2 Å². The molecular weight excluding hydrogens is 516 g/mol. The van der Waals surface area contributed by atoms with Gasteiger partial charge in [0.15, 0.2) is 0 Å². The average molecular weight is 539 g/mol. The molecule has 3 amide bonds. The predicted octanol–water partition coefficient (Wildman–Crippen LogP) is 4.91. The predicted molar refractivity (Wildman–Crippen MR) is 136 cm³/mol. The fraction of sp³-hybridized carbons (Fsp3) is 0.192. The molecule has 1 saturated heterocycles. The molecule has 3 aromatic carbocycles. The number of hydrogen-bond donors (Lipinski definition) is 0. The topological polar surface area (TPSA) is 66.9 Å². The minimum absolute atomic E-state index is 0.0488. The Morgan fingerprint density at radius 3 is 2.41 bits per heavy atom. The van der Waals surface area contributed by atoms with Crippen molar-refractivity contribution in [2.24, 2.45) is 0 Å². The van der Waals surface area contributed by atoms with E-state index in [0.29, 0.717) is 11.4 Å². The highest BCUT2D eigenvalue weighted by Gasteiger charge is 2.44. The summed E-state index contributed by atoms with van der Waals surface area (Å²) in [7, 11) is 1.59. The Labute approximate surface area is 211 Å². The summed E-state index contributed by atoms with van der Waals surface area (Å²) in [5, 5.41) is 0. The van der Waals surface area contributed by atoms with Crippen molar-refractivity contribution in [3.05, 3.63) is 88.9 Å². The third-order valence-electron chi connectivity index (χ3n) is 5.52. The number of rotatable bonds is 8. The van der Waals surface area contributed by atoms with Crippen LogP contribution in [0.4, 0.5) is 5.69 Å². The second kappa shape index (κ2) is 10.9. The van der Waals surface area contributed by atoms with Crippen LogP contribution in [0, 0.1) is 0 Å². The molecule has 1 aliphatic rings. The summed E-state index contributed by atoms with van der Waals surface area (Å²) in [4.78, 5) is 43.2. The Bertz CT molecular complexity index is 1190. The van der Waals surface area contributed by atoms with Crippen LogP contribution >= 0.6 is 27.7 Å². The minimum atomic E-state index is -0.859. The largest absolute Gasteiger partial charge is 0.496 e. The lowest BCUT2D eigenvalue weighted by Gasteiger charge is -2.28. The van der Waals surface area contributed by atoms with Gasteiger partial charge in [0.05, 0.1) is 25.0 Å². The summed E-state index contributed by atoms with van der Waals surface area (Å²) < 4.78 is 6.23. The van der Waals surface area contributed by atoms with Crippen molar-refractivity contribution in [1.82, 2.24) is 4.90 Å². The number of anilines is 1. The van der Waals surface area contributed by atoms with Gasteiger partial charge in [0.25, 0.3) is 5.91 Å². The number of carbonyl (C=O) groups is 3. The van der Waals surface area contributed by atoms with Crippen LogP contribution in [-0.2, 0) is 20.9 Å². The maximum absolute atomic E-state index is 13.4.